The average Bonchev–Trinajstić information content (AvgIpc) is 3.30. The highest BCUT2D eigenvalue weighted by molar-refractivity contribution is 7.90. The summed E-state index contributed by atoms with van der Waals surface area (Å²) in [7, 11) is -3.99. The average molecular weight is 585 g/mol. The maximum atomic E-state index is 13.5. The molecule has 0 unspecified atom stereocenters. The monoisotopic (exact) mass is 584 g/mol. The van der Waals surface area contributed by atoms with Gasteiger partial charge in [-0.05, 0) is 52.0 Å². The molecule has 4 heterocycles. The highest BCUT2D eigenvalue weighted by Crippen LogP contribution is 2.32. The molecule has 0 aliphatic carbocycles. The van der Waals surface area contributed by atoms with E-state index in [9.17, 15) is 18.0 Å². The normalized spacial score (nSPS) is 16.4. The Labute approximate surface area is 236 Å². The molecule has 0 radical (unpaired) electrons. The molecule has 0 saturated carbocycles. The quantitative estimate of drug-likeness (QED) is 0.379. The van der Waals surface area contributed by atoms with Gasteiger partial charge in [0.25, 0.3) is 15.6 Å². The maximum absolute atomic E-state index is 13.5. The Hall–Kier alpha value is -3.90. The number of ether oxygens (including phenoxy) is 1. The maximum Gasteiger partial charge on any atom is 0.410 e. The molecular weight excluding hydrogens is 556 g/mol. The molecule has 1 aliphatic rings. The molecule has 5 rings (SSSR count). The second-order valence-electron chi connectivity index (χ2n) is 10.6. The second kappa shape index (κ2) is 10.3. The number of piperazine rings is 1. The van der Waals surface area contributed by atoms with Crippen molar-refractivity contribution in [2.45, 2.75) is 44.2 Å². The first-order chi connectivity index (χ1) is 18.9. The molecule has 1 aliphatic heterocycles. The van der Waals surface area contributed by atoms with Crippen LogP contribution >= 0.6 is 11.6 Å². The molecule has 1 amide bonds. The van der Waals surface area contributed by atoms with Crippen LogP contribution in [0.4, 0.5) is 10.6 Å². The van der Waals surface area contributed by atoms with Crippen molar-refractivity contribution in [3.8, 4) is 11.4 Å². The van der Waals surface area contributed by atoms with Gasteiger partial charge >= 0.3 is 6.09 Å². The molecule has 4 aromatic rings. The summed E-state index contributed by atoms with van der Waals surface area (Å²) in [5.74, 6) is 0.388. The first kappa shape index (κ1) is 27.7. The predicted molar refractivity (Wildman–Crippen MR) is 152 cm³/mol. The third kappa shape index (κ3) is 5.16. The molecule has 1 N–H and O–H groups in total. The molecule has 0 spiro atoms. The number of aromatic nitrogens is 4. The van der Waals surface area contributed by atoms with E-state index < -0.39 is 27.3 Å². The summed E-state index contributed by atoms with van der Waals surface area (Å²) in [6.45, 7) is 8.38. The van der Waals surface area contributed by atoms with Crippen molar-refractivity contribution in [2.24, 2.45) is 0 Å². The predicted octanol–water partition coefficient (Wildman–Crippen LogP) is 4.12. The number of H-pyrrole nitrogens is 1. The van der Waals surface area contributed by atoms with Crippen molar-refractivity contribution in [1.29, 1.82) is 0 Å². The molecule has 40 heavy (non-hydrogen) atoms. The highest BCUT2D eigenvalue weighted by atomic mass is 35.5. The molecule has 0 bridgehead atoms. The van der Waals surface area contributed by atoms with Gasteiger partial charge in [-0.25, -0.2) is 27.2 Å². The molecule has 1 atom stereocenters. The summed E-state index contributed by atoms with van der Waals surface area (Å²) in [6, 6.07) is 11.2. The van der Waals surface area contributed by atoms with Crippen molar-refractivity contribution in [2.75, 3.05) is 24.5 Å². The fraction of sp³-hybridized carbons (Fsp3) is 0.333. The number of hydrogen-bond acceptors (Lipinski definition) is 8. The van der Waals surface area contributed by atoms with Gasteiger partial charge in [0, 0.05) is 49.0 Å². The first-order valence-corrected chi connectivity index (χ1v) is 14.5. The van der Waals surface area contributed by atoms with E-state index in [1.165, 1.54) is 24.5 Å². The lowest BCUT2D eigenvalue weighted by molar-refractivity contribution is 0.0218. The Morgan fingerprint density at radius 3 is 2.52 bits per heavy atom. The summed E-state index contributed by atoms with van der Waals surface area (Å²) in [6.07, 6.45) is 2.49. The lowest BCUT2D eigenvalue weighted by atomic mass is 10.2. The van der Waals surface area contributed by atoms with Crippen LogP contribution in [0, 0.1) is 0 Å². The van der Waals surface area contributed by atoms with E-state index in [0.29, 0.717) is 30.6 Å². The Balaban J connectivity index is 1.54. The minimum atomic E-state index is -3.99. The zero-order valence-corrected chi connectivity index (χ0v) is 24.0. The Bertz CT molecular complexity index is 1750. The van der Waals surface area contributed by atoms with E-state index in [0.717, 1.165) is 3.97 Å². The number of pyridine rings is 1. The summed E-state index contributed by atoms with van der Waals surface area (Å²) < 4.78 is 33.6. The Morgan fingerprint density at radius 1 is 1.12 bits per heavy atom. The van der Waals surface area contributed by atoms with E-state index in [2.05, 4.69) is 9.97 Å². The number of nitrogens with zero attached hydrogens (tertiary/aromatic N) is 5. The number of aromatic amines is 1. The van der Waals surface area contributed by atoms with E-state index in [-0.39, 0.29) is 33.2 Å². The van der Waals surface area contributed by atoms with Crippen LogP contribution in [0.3, 0.4) is 0 Å². The largest absolute Gasteiger partial charge is 0.444 e. The van der Waals surface area contributed by atoms with Gasteiger partial charge in [0.05, 0.1) is 4.90 Å². The van der Waals surface area contributed by atoms with Crippen LogP contribution < -0.4 is 10.5 Å². The van der Waals surface area contributed by atoms with Gasteiger partial charge in [-0.1, -0.05) is 29.8 Å². The number of nitrogens with one attached hydrogen (secondary N) is 1. The van der Waals surface area contributed by atoms with Crippen LogP contribution in [0.15, 0.2) is 64.5 Å². The number of carbonyl (C=O) groups excluding carboxylic acids is 1. The van der Waals surface area contributed by atoms with E-state index >= 15 is 0 Å². The molecule has 13 heteroatoms. The summed E-state index contributed by atoms with van der Waals surface area (Å²) in [5, 5.41) is 0.390. The van der Waals surface area contributed by atoms with Crippen molar-refractivity contribution < 1.29 is 17.9 Å². The third-order valence-electron chi connectivity index (χ3n) is 6.48. The summed E-state index contributed by atoms with van der Waals surface area (Å²) in [5.41, 5.74) is -0.622. The smallest absolute Gasteiger partial charge is 0.410 e. The van der Waals surface area contributed by atoms with Crippen LogP contribution in [0.1, 0.15) is 27.7 Å². The van der Waals surface area contributed by atoms with E-state index in [1.807, 2.05) is 32.6 Å². The molecule has 1 saturated heterocycles. The number of hydrogen-bond donors (Lipinski definition) is 1. The number of anilines is 1. The number of amides is 1. The van der Waals surface area contributed by atoms with Gasteiger partial charge in [0.2, 0.25) is 0 Å². The van der Waals surface area contributed by atoms with E-state index in [4.69, 9.17) is 21.3 Å². The number of carbonyl (C=O) groups is 1. The van der Waals surface area contributed by atoms with E-state index in [1.54, 1.807) is 35.2 Å². The zero-order valence-electron chi connectivity index (χ0n) is 22.5. The van der Waals surface area contributed by atoms with Crippen LogP contribution in [0.5, 0.6) is 0 Å². The summed E-state index contributed by atoms with van der Waals surface area (Å²) >= 11 is 6.45. The first-order valence-electron chi connectivity index (χ1n) is 12.7. The number of rotatable bonds is 4. The number of fused-ring (bicyclic) bond motifs is 1. The van der Waals surface area contributed by atoms with Gasteiger partial charge in [-0.3, -0.25) is 4.79 Å². The summed E-state index contributed by atoms with van der Waals surface area (Å²) in [4.78, 5) is 40.9. The van der Waals surface area contributed by atoms with Crippen molar-refractivity contribution in [3.63, 3.8) is 0 Å². The Morgan fingerprint density at radius 2 is 1.85 bits per heavy atom. The van der Waals surface area contributed by atoms with Crippen LogP contribution in [0.25, 0.3) is 22.4 Å². The molecule has 3 aromatic heterocycles. The lowest BCUT2D eigenvalue weighted by Gasteiger charge is -2.41. The molecule has 210 valence electrons. The molecular formula is C27H29ClN6O5S. The zero-order chi connectivity index (χ0) is 28.8. The minimum absolute atomic E-state index is 0.0963. The van der Waals surface area contributed by atoms with Crippen LogP contribution in [-0.4, -0.2) is 69.6 Å². The van der Waals surface area contributed by atoms with Crippen LogP contribution in [-0.2, 0) is 14.8 Å². The lowest BCUT2D eigenvalue weighted by Crippen LogP contribution is -2.55. The molecule has 1 aromatic carbocycles. The van der Waals surface area contributed by atoms with Crippen molar-refractivity contribution in [3.05, 3.63) is 70.2 Å². The van der Waals surface area contributed by atoms with Gasteiger partial charge in [-0.2, -0.15) is 0 Å². The third-order valence-corrected chi connectivity index (χ3v) is 8.49. The SMILES string of the molecule is C[C@@H]1CN(C(=O)OC(C)(C)C)CCN1c1nc(-c2cn(S(=O)(=O)c3ccccc3)c3ncccc23)[nH]c(=O)c1Cl. The van der Waals surface area contributed by atoms with Gasteiger partial charge in [0.15, 0.2) is 11.5 Å². The number of halogens is 1. The fourth-order valence-electron chi connectivity index (χ4n) is 4.64. The molecule has 1 fully saturated rings. The van der Waals surface area contributed by atoms with Crippen molar-refractivity contribution in [1.82, 2.24) is 23.8 Å². The van der Waals surface area contributed by atoms with Gasteiger partial charge in [-0.15, -0.1) is 0 Å². The van der Waals surface area contributed by atoms with Gasteiger partial charge in [0.1, 0.15) is 16.4 Å². The number of benzene rings is 1. The van der Waals surface area contributed by atoms with Crippen molar-refractivity contribution >= 4 is 44.6 Å². The molecule has 11 nitrogen and oxygen atoms in total. The van der Waals surface area contributed by atoms with Crippen LogP contribution in [0.2, 0.25) is 5.02 Å². The van der Waals surface area contributed by atoms with Gasteiger partial charge < -0.3 is 19.5 Å². The second-order valence-corrected chi connectivity index (χ2v) is 12.7. The topological polar surface area (TPSA) is 130 Å². The Kier molecular flexibility index (Phi) is 7.09. The minimum Gasteiger partial charge on any atom is -0.444 e. The fourth-order valence-corrected chi connectivity index (χ4v) is 6.18. The standard InChI is InChI=1S/C27H29ClN6O5S/c1-17-15-32(26(36)39-27(2,3)4)13-14-33(17)24-21(28)25(35)31-22(30-24)20-16-34(23-19(20)11-8-12-29-23)40(37,38)18-9-6-5-7-10-18/h5-12,16-17H,13-15H2,1-4H3,(H,30,31,35)/t17-/m1/s1. The highest BCUT2D eigenvalue weighted by Gasteiger charge is 2.32.